The molecular formula is C15H24O. The van der Waals surface area contributed by atoms with Gasteiger partial charge in [0.2, 0.25) is 0 Å². The molecule has 0 fully saturated rings. The summed E-state index contributed by atoms with van der Waals surface area (Å²) in [7, 11) is 1.71. The third-order valence-corrected chi connectivity index (χ3v) is 3.01. The number of benzene rings is 1. The Kier molecular flexibility index (Phi) is 4.40. The minimum atomic E-state index is 0.431. The molecule has 1 heteroatoms. The molecule has 0 bridgehead atoms. The Balaban J connectivity index is 2.56. The van der Waals surface area contributed by atoms with Gasteiger partial charge in [0, 0.05) is 0 Å². The molecule has 0 aliphatic heterocycles. The van der Waals surface area contributed by atoms with Crippen LogP contribution in [0.25, 0.3) is 0 Å². The van der Waals surface area contributed by atoms with Crippen LogP contribution in [0.1, 0.15) is 52.0 Å². The molecule has 1 atom stereocenters. The zero-order valence-electron chi connectivity index (χ0n) is 11.2. The fourth-order valence-corrected chi connectivity index (χ4v) is 1.75. The quantitative estimate of drug-likeness (QED) is 0.719. The summed E-state index contributed by atoms with van der Waals surface area (Å²) >= 11 is 0. The fourth-order valence-electron chi connectivity index (χ4n) is 1.75. The molecule has 0 saturated heterocycles. The molecule has 0 heterocycles. The molecule has 1 rings (SSSR count). The largest absolute Gasteiger partial charge is 0.497 e. The average Bonchev–Trinajstić information content (AvgIpc) is 2.25. The number of methoxy groups -OCH3 is 1. The second-order valence-corrected chi connectivity index (χ2v) is 5.77. The first-order chi connectivity index (χ1) is 7.42. The van der Waals surface area contributed by atoms with Crippen LogP contribution in [0.2, 0.25) is 0 Å². The van der Waals surface area contributed by atoms with Crippen LogP contribution in [-0.4, -0.2) is 7.11 Å². The summed E-state index contributed by atoms with van der Waals surface area (Å²) in [6.45, 7) is 9.20. The standard InChI is InChI=1S/C15H24O/c1-12(10-11-15(2,3)4)13-6-8-14(16-5)9-7-13/h6-9,12H,10-11H2,1-5H3. The SMILES string of the molecule is COc1ccc(C(C)CCC(C)(C)C)cc1. The van der Waals surface area contributed by atoms with Crippen molar-refractivity contribution in [2.45, 2.75) is 46.5 Å². The lowest BCUT2D eigenvalue weighted by Crippen LogP contribution is -2.06. The zero-order valence-corrected chi connectivity index (χ0v) is 11.2. The van der Waals surface area contributed by atoms with Gasteiger partial charge >= 0.3 is 0 Å². The first-order valence-electron chi connectivity index (χ1n) is 6.06. The van der Waals surface area contributed by atoms with Crippen molar-refractivity contribution in [1.29, 1.82) is 0 Å². The van der Waals surface area contributed by atoms with Crippen LogP contribution in [0.4, 0.5) is 0 Å². The smallest absolute Gasteiger partial charge is 0.118 e. The third-order valence-electron chi connectivity index (χ3n) is 3.01. The van der Waals surface area contributed by atoms with Crippen LogP contribution < -0.4 is 4.74 Å². The Labute approximate surface area is 99.8 Å². The lowest BCUT2D eigenvalue weighted by atomic mass is 9.85. The van der Waals surface area contributed by atoms with E-state index in [0.717, 1.165) is 5.75 Å². The molecule has 0 amide bonds. The number of hydrogen-bond acceptors (Lipinski definition) is 1. The summed E-state index contributed by atoms with van der Waals surface area (Å²) in [5.41, 5.74) is 1.84. The highest BCUT2D eigenvalue weighted by Gasteiger charge is 2.13. The van der Waals surface area contributed by atoms with Gasteiger partial charge in [0.15, 0.2) is 0 Å². The summed E-state index contributed by atoms with van der Waals surface area (Å²) in [6.07, 6.45) is 2.51. The van der Waals surface area contributed by atoms with Crippen molar-refractivity contribution in [3.63, 3.8) is 0 Å². The highest BCUT2D eigenvalue weighted by Crippen LogP contribution is 2.29. The van der Waals surface area contributed by atoms with E-state index in [1.807, 2.05) is 12.1 Å². The van der Waals surface area contributed by atoms with Crippen molar-refractivity contribution in [3.8, 4) is 5.75 Å². The van der Waals surface area contributed by atoms with Gasteiger partial charge in [-0.1, -0.05) is 39.8 Å². The Morgan fingerprint density at radius 2 is 1.69 bits per heavy atom. The van der Waals surface area contributed by atoms with E-state index in [1.54, 1.807) is 7.11 Å². The van der Waals surface area contributed by atoms with Crippen molar-refractivity contribution in [1.82, 2.24) is 0 Å². The van der Waals surface area contributed by atoms with Crippen molar-refractivity contribution in [2.24, 2.45) is 5.41 Å². The number of hydrogen-bond donors (Lipinski definition) is 0. The van der Waals surface area contributed by atoms with Crippen molar-refractivity contribution in [3.05, 3.63) is 29.8 Å². The lowest BCUT2D eigenvalue weighted by molar-refractivity contribution is 0.352. The monoisotopic (exact) mass is 220 g/mol. The van der Waals surface area contributed by atoms with Crippen LogP contribution in [0.15, 0.2) is 24.3 Å². The maximum atomic E-state index is 5.16. The molecule has 0 aliphatic rings. The molecular weight excluding hydrogens is 196 g/mol. The van der Waals surface area contributed by atoms with Crippen LogP contribution >= 0.6 is 0 Å². The van der Waals surface area contributed by atoms with E-state index >= 15 is 0 Å². The van der Waals surface area contributed by atoms with Crippen molar-refractivity contribution < 1.29 is 4.74 Å². The van der Waals surface area contributed by atoms with Crippen LogP contribution in [0.5, 0.6) is 5.75 Å². The fraction of sp³-hybridized carbons (Fsp3) is 0.600. The van der Waals surface area contributed by atoms with E-state index in [0.29, 0.717) is 11.3 Å². The molecule has 0 N–H and O–H groups in total. The normalized spacial score (nSPS) is 13.6. The zero-order chi connectivity index (χ0) is 12.2. The average molecular weight is 220 g/mol. The summed E-state index contributed by atoms with van der Waals surface area (Å²) < 4.78 is 5.16. The minimum absolute atomic E-state index is 0.431. The van der Waals surface area contributed by atoms with Gasteiger partial charge in [-0.25, -0.2) is 0 Å². The molecule has 0 aliphatic carbocycles. The predicted molar refractivity (Wildman–Crippen MR) is 70.1 cm³/mol. The molecule has 0 spiro atoms. The summed E-state index contributed by atoms with van der Waals surface area (Å²) in [4.78, 5) is 0. The Morgan fingerprint density at radius 3 is 2.12 bits per heavy atom. The molecule has 16 heavy (non-hydrogen) atoms. The van der Waals surface area contributed by atoms with E-state index in [2.05, 4.69) is 39.8 Å². The molecule has 0 radical (unpaired) electrons. The van der Waals surface area contributed by atoms with Gasteiger partial charge in [-0.3, -0.25) is 0 Å². The third kappa shape index (κ3) is 4.26. The van der Waals surface area contributed by atoms with Gasteiger partial charge < -0.3 is 4.74 Å². The second kappa shape index (κ2) is 5.38. The van der Waals surface area contributed by atoms with Gasteiger partial charge in [0.05, 0.1) is 7.11 Å². The van der Waals surface area contributed by atoms with Gasteiger partial charge in [-0.15, -0.1) is 0 Å². The van der Waals surface area contributed by atoms with E-state index in [1.165, 1.54) is 18.4 Å². The van der Waals surface area contributed by atoms with E-state index < -0.39 is 0 Å². The lowest BCUT2D eigenvalue weighted by Gasteiger charge is -2.21. The summed E-state index contributed by atoms with van der Waals surface area (Å²) in [5.74, 6) is 1.57. The van der Waals surface area contributed by atoms with Crippen LogP contribution in [0, 0.1) is 5.41 Å². The first-order valence-corrected chi connectivity index (χ1v) is 6.06. The highest BCUT2D eigenvalue weighted by atomic mass is 16.5. The minimum Gasteiger partial charge on any atom is -0.497 e. The summed E-state index contributed by atoms with van der Waals surface area (Å²) in [5, 5.41) is 0. The van der Waals surface area contributed by atoms with Gasteiger partial charge in [0.1, 0.15) is 5.75 Å². The maximum Gasteiger partial charge on any atom is 0.118 e. The molecule has 0 aromatic heterocycles. The maximum absolute atomic E-state index is 5.16. The van der Waals surface area contributed by atoms with Crippen LogP contribution in [0.3, 0.4) is 0 Å². The molecule has 1 nitrogen and oxygen atoms in total. The summed E-state index contributed by atoms with van der Waals surface area (Å²) in [6, 6.07) is 8.43. The number of ether oxygens (including phenoxy) is 1. The number of rotatable bonds is 4. The molecule has 90 valence electrons. The van der Waals surface area contributed by atoms with E-state index in [-0.39, 0.29) is 0 Å². The highest BCUT2D eigenvalue weighted by molar-refractivity contribution is 5.29. The predicted octanol–water partition coefficient (Wildman–Crippen LogP) is 4.63. The first kappa shape index (κ1) is 13.1. The molecule has 1 aromatic rings. The van der Waals surface area contributed by atoms with E-state index in [4.69, 9.17) is 4.74 Å². The van der Waals surface area contributed by atoms with Gasteiger partial charge in [0.25, 0.3) is 0 Å². The van der Waals surface area contributed by atoms with Crippen molar-refractivity contribution >= 4 is 0 Å². The van der Waals surface area contributed by atoms with E-state index in [9.17, 15) is 0 Å². The Bertz CT molecular complexity index is 305. The van der Waals surface area contributed by atoms with Gasteiger partial charge in [-0.2, -0.15) is 0 Å². The topological polar surface area (TPSA) is 9.23 Å². The van der Waals surface area contributed by atoms with Crippen molar-refractivity contribution in [2.75, 3.05) is 7.11 Å². The van der Waals surface area contributed by atoms with Crippen LogP contribution in [-0.2, 0) is 0 Å². The Morgan fingerprint density at radius 1 is 1.12 bits per heavy atom. The Hall–Kier alpha value is -0.980. The molecule has 0 saturated carbocycles. The second-order valence-electron chi connectivity index (χ2n) is 5.77. The van der Waals surface area contributed by atoms with Gasteiger partial charge in [-0.05, 0) is 41.9 Å². The molecule has 1 aromatic carbocycles. The molecule has 1 unspecified atom stereocenters.